The van der Waals surface area contributed by atoms with Gasteiger partial charge in [0.2, 0.25) is 0 Å². The summed E-state index contributed by atoms with van der Waals surface area (Å²) in [7, 11) is 3.35. The Morgan fingerprint density at radius 2 is 1.50 bits per heavy atom. The van der Waals surface area contributed by atoms with Crippen LogP contribution < -0.4 is 21.3 Å². The SMILES string of the molecule is CN=C(NCCCNC(=O)c1ccccc1)NCCc1cccc(C(=O)NC)c1.I. The fourth-order valence-corrected chi connectivity index (χ4v) is 2.75. The molecule has 0 aliphatic carbocycles. The monoisotopic (exact) mass is 523 g/mol. The van der Waals surface area contributed by atoms with E-state index in [1.165, 1.54) is 0 Å². The molecule has 0 saturated heterocycles. The van der Waals surface area contributed by atoms with Crippen molar-refractivity contribution < 1.29 is 9.59 Å². The number of nitrogens with zero attached hydrogens (tertiary/aromatic N) is 1. The molecule has 2 rings (SSSR count). The molecular formula is C22H30IN5O2. The molecule has 0 radical (unpaired) electrons. The van der Waals surface area contributed by atoms with Gasteiger partial charge >= 0.3 is 0 Å². The van der Waals surface area contributed by atoms with Crippen molar-refractivity contribution in [1.29, 1.82) is 0 Å². The van der Waals surface area contributed by atoms with Crippen LogP contribution in [-0.4, -0.2) is 51.5 Å². The average molecular weight is 523 g/mol. The van der Waals surface area contributed by atoms with E-state index < -0.39 is 0 Å². The number of hydrogen-bond acceptors (Lipinski definition) is 3. The van der Waals surface area contributed by atoms with E-state index in [0.29, 0.717) is 36.7 Å². The Morgan fingerprint density at radius 1 is 0.833 bits per heavy atom. The number of benzene rings is 2. The summed E-state index contributed by atoms with van der Waals surface area (Å²) in [4.78, 5) is 27.9. The predicted molar refractivity (Wildman–Crippen MR) is 132 cm³/mol. The van der Waals surface area contributed by atoms with E-state index in [4.69, 9.17) is 0 Å². The zero-order chi connectivity index (χ0) is 20.9. The molecule has 4 N–H and O–H groups in total. The molecule has 8 heteroatoms. The quantitative estimate of drug-likeness (QED) is 0.176. The highest BCUT2D eigenvalue weighted by Gasteiger charge is 2.05. The van der Waals surface area contributed by atoms with Crippen LogP contribution >= 0.6 is 24.0 Å². The molecule has 2 amide bonds. The van der Waals surface area contributed by atoms with Gasteiger partial charge in [-0.15, -0.1) is 24.0 Å². The lowest BCUT2D eigenvalue weighted by atomic mass is 10.1. The molecule has 0 bridgehead atoms. The molecule has 162 valence electrons. The van der Waals surface area contributed by atoms with Crippen LogP contribution in [0.25, 0.3) is 0 Å². The van der Waals surface area contributed by atoms with Gasteiger partial charge in [-0.05, 0) is 42.7 Å². The minimum absolute atomic E-state index is 0. The molecule has 0 aliphatic heterocycles. The minimum atomic E-state index is -0.0864. The van der Waals surface area contributed by atoms with E-state index >= 15 is 0 Å². The molecule has 0 spiro atoms. The second-order valence-corrected chi connectivity index (χ2v) is 6.43. The largest absolute Gasteiger partial charge is 0.356 e. The second-order valence-electron chi connectivity index (χ2n) is 6.43. The Bertz CT molecular complexity index is 827. The Hall–Kier alpha value is -2.62. The van der Waals surface area contributed by atoms with Crippen LogP contribution in [0.5, 0.6) is 0 Å². The van der Waals surface area contributed by atoms with Gasteiger partial charge < -0.3 is 21.3 Å². The molecule has 0 unspecified atom stereocenters. The molecule has 0 aliphatic rings. The molecule has 0 fully saturated rings. The Kier molecular flexibility index (Phi) is 12.2. The van der Waals surface area contributed by atoms with Gasteiger partial charge in [0.1, 0.15) is 0 Å². The van der Waals surface area contributed by atoms with Crippen LogP contribution in [0.15, 0.2) is 59.6 Å². The van der Waals surface area contributed by atoms with E-state index in [9.17, 15) is 9.59 Å². The van der Waals surface area contributed by atoms with Crippen LogP contribution in [0.1, 0.15) is 32.7 Å². The molecule has 2 aromatic rings. The summed E-state index contributed by atoms with van der Waals surface area (Å²) in [5.41, 5.74) is 2.40. The van der Waals surface area contributed by atoms with Crippen molar-refractivity contribution >= 4 is 41.8 Å². The third-order valence-corrected chi connectivity index (χ3v) is 4.31. The first kappa shape index (κ1) is 25.4. The highest BCUT2D eigenvalue weighted by molar-refractivity contribution is 14.0. The molecule has 7 nitrogen and oxygen atoms in total. The number of nitrogens with one attached hydrogen (secondary N) is 4. The van der Waals surface area contributed by atoms with Crippen LogP contribution in [-0.2, 0) is 6.42 Å². The summed E-state index contributed by atoms with van der Waals surface area (Å²) in [6.07, 6.45) is 1.56. The third-order valence-electron chi connectivity index (χ3n) is 4.31. The van der Waals surface area contributed by atoms with Crippen molar-refractivity contribution in [2.45, 2.75) is 12.8 Å². The summed E-state index contributed by atoms with van der Waals surface area (Å²) < 4.78 is 0. The van der Waals surface area contributed by atoms with Gasteiger partial charge in [-0.2, -0.15) is 0 Å². The maximum Gasteiger partial charge on any atom is 0.251 e. The lowest BCUT2D eigenvalue weighted by molar-refractivity contribution is 0.0948. The van der Waals surface area contributed by atoms with Gasteiger partial charge in [0, 0.05) is 44.9 Å². The first-order chi connectivity index (χ1) is 14.1. The Balaban J connectivity index is 0.00000450. The van der Waals surface area contributed by atoms with Gasteiger partial charge in [0.15, 0.2) is 5.96 Å². The zero-order valence-electron chi connectivity index (χ0n) is 17.4. The number of carbonyl (C=O) groups excluding carboxylic acids is 2. The number of amides is 2. The maximum atomic E-state index is 12.0. The van der Waals surface area contributed by atoms with Gasteiger partial charge in [0.25, 0.3) is 11.8 Å². The number of guanidine groups is 1. The van der Waals surface area contributed by atoms with E-state index in [2.05, 4.69) is 26.3 Å². The average Bonchev–Trinajstić information content (AvgIpc) is 2.77. The molecular weight excluding hydrogens is 493 g/mol. The summed E-state index contributed by atoms with van der Waals surface area (Å²) in [6.45, 7) is 1.98. The maximum absolute atomic E-state index is 12.0. The van der Waals surface area contributed by atoms with Crippen molar-refractivity contribution in [2.75, 3.05) is 33.7 Å². The Labute approximate surface area is 195 Å². The summed E-state index contributed by atoms with van der Waals surface area (Å²) in [6, 6.07) is 16.8. The van der Waals surface area contributed by atoms with Gasteiger partial charge in [-0.3, -0.25) is 14.6 Å². The summed E-state index contributed by atoms with van der Waals surface area (Å²) in [5.74, 6) is 0.561. The van der Waals surface area contributed by atoms with Crippen LogP contribution in [0.3, 0.4) is 0 Å². The normalized spacial score (nSPS) is 10.5. The van der Waals surface area contributed by atoms with E-state index in [-0.39, 0.29) is 35.8 Å². The molecule has 30 heavy (non-hydrogen) atoms. The van der Waals surface area contributed by atoms with Gasteiger partial charge in [-0.25, -0.2) is 0 Å². The van der Waals surface area contributed by atoms with Crippen molar-refractivity contribution in [2.24, 2.45) is 4.99 Å². The van der Waals surface area contributed by atoms with Gasteiger partial charge in [0.05, 0.1) is 0 Å². The standard InChI is InChI=1S/C22H29N5O2.HI/c1-23-20(28)19-11-6-8-17(16-19)12-15-27-22(24-2)26-14-7-13-25-21(29)18-9-4-3-5-10-18;/h3-6,8-11,16H,7,12-15H2,1-2H3,(H,23,28)(H,25,29)(H2,24,26,27);1H. The summed E-state index contributed by atoms with van der Waals surface area (Å²) >= 11 is 0. The van der Waals surface area contributed by atoms with Crippen molar-refractivity contribution in [3.63, 3.8) is 0 Å². The fourth-order valence-electron chi connectivity index (χ4n) is 2.75. The lowest BCUT2D eigenvalue weighted by Crippen LogP contribution is -2.39. The number of carbonyl (C=O) groups is 2. The van der Waals surface area contributed by atoms with Crippen molar-refractivity contribution in [1.82, 2.24) is 21.3 Å². The first-order valence-electron chi connectivity index (χ1n) is 9.73. The molecule has 0 aromatic heterocycles. The number of aliphatic imine (C=N–C) groups is 1. The van der Waals surface area contributed by atoms with E-state index in [1.54, 1.807) is 32.3 Å². The second kappa shape index (κ2) is 14.4. The molecule has 0 saturated carbocycles. The summed E-state index contributed by atoms with van der Waals surface area (Å²) in [5, 5.41) is 12.0. The molecule has 0 atom stereocenters. The Morgan fingerprint density at radius 3 is 2.20 bits per heavy atom. The van der Waals surface area contributed by atoms with Crippen molar-refractivity contribution in [3.05, 3.63) is 71.3 Å². The third kappa shape index (κ3) is 8.81. The zero-order valence-corrected chi connectivity index (χ0v) is 19.7. The fraction of sp³-hybridized carbons (Fsp3) is 0.318. The predicted octanol–water partition coefficient (Wildman–Crippen LogP) is 2.19. The first-order valence-corrected chi connectivity index (χ1v) is 9.73. The smallest absolute Gasteiger partial charge is 0.251 e. The number of rotatable bonds is 9. The van der Waals surface area contributed by atoms with E-state index in [1.807, 2.05) is 36.4 Å². The van der Waals surface area contributed by atoms with Crippen LogP contribution in [0.4, 0.5) is 0 Å². The number of hydrogen-bond donors (Lipinski definition) is 4. The minimum Gasteiger partial charge on any atom is -0.356 e. The molecule has 0 heterocycles. The molecule has 2 aromatic carbocycles. The van der Waals surface area contributed by atoms with Crippen molar-refractivity contribution in [3.8, 4) is 0 Å². The topological polar surface area (TPSA) is 94.6 Å². The highest BCUT2D eigenvalue weighted by atomic mass is 127. The lowest BCUT2D eigenvalue weighted by Gasteiger charge is -2.12. The van der Waals surface area contributed by atoms with Crippen LogP contribution in [0, 0.1) is 0 Å². The van der Waals surface area contributed by atoms with E-state index in [0.717, 1.165) is 18.4 Å². The van der Waals surface area contributed by atoms with Crippen LogP contribution in [0.2, 0.25) is 0 Å². The highest BCUT2D eigenvalue weighted by Crippen LogP contribution is 2.05. The van der Waals surface area contributed by atoms with Gasteiger partial charge in [-0.1, -0.05) is 30.3 Å². The number of halogens is 1.